The number of halogens is 1. The summed E-state index contributed by atoms with van der Waals surface area (Å²) in [6, 6.07) is 3.70. The summed E-state index contributed by atoms with van der Waals surface area (Å²) in [5, 5.41) is 15.9. The molecule has 0 bridgehead atoms. The normalized spacial score (nSPS) is 10.5. The van der Waals surface area contributed by atoms with Gasteiger partial charge in [-0.15, -0.1) is 11.8 Å². The van der Waals surface area contributed by atoms with Gasteiger partial charge in [0.2, 0.25) is 5.91 Å². The van der Waals surface area contributed by atoms with E-state index in [0.29, 0.717) is 10.8 Å². The Kier molecular flexibility index (Phi) is 6.00. The van der Waals surface area contributed by atoms with E-state index in [9.17, 15) is 9.59 Å². The zero-order valence-electron chi connectivity index (χ0n) is 12.3. The van der Waals surface area contributed by atoms with Gasteiger partial charge in [-0.25, -0.2) is 9.67 Å². The van der Waals surface area contributed by atoms with Crippen LogP contribution in [0.4, 0.5) is 0 Å². The smallest absolute Gasteiger partial charge is 0.313 e. The third-order valence-corrected chi connectivity index (χ3v) is 3.91. The summed E-state index contributed by atoms with van der Waals surface area (Å²) < 4.78 is 1.55. The van der Waals surface area contributed by atoms with E-state index in [-0.39, 0.29) is 24.0 Å². The number of aliphatic carboxylic acids is 1. The van der Waals surface area contributed by atoms with Gasteiger partial charge in [0.1, 0.15) is 0 Å². The van der Waals surface area contributed by atoms with Crippen LogP contribution in [0.15, 0.2) is 24.5 Å². The maximum Gasteiger partial charge on any atom is 0.313 e. The number of hydrogen-bond donors (Lipinski definition) is 2. The van der Waals surface area contributed by atoms with Crippen LogP contribution in [0.1, 0.15) is 11.3 Å². The van der Waals surface area contributed by atoms with Gasteiger partial charge < -0.3 is 10.4 Å². The fraction of sp³-hybridized carbons (Fsp3) is 0.286. The number of carboxylic acid groups (broad SMARTS) is 1. The summed E-state index contributed by atoms with van der Waals surface area (Å²) >= 11 is 6.93. The van der Waals surface area contributed by atoms with Crippen LogP contribution < -0.4 is 5.32 Å². The van der Waals surface area contributed by atoms with Gasteiger partial charge in [-0.3, -0.25) is 9.59 Å². The Hall–Kier alpha value is -2.06. The zero-order chi connectivity index (χ0) is 16.8. The number of thioether (sulfide) groups is 1. The van der Waals surface area contributed by atoms with Crippen molar-refractivity contribution in [1.82, 2.24) is 20.1 Å². The second-order valence-corrected chi connectivity index (χ2v) is 6.12. The van der Waals surface area contributed by atoms with Gasteiger partial charge in [-0.1, -0.05) is 17.7 Å². The van der Waals surface area contributed by atoms with E-state index in [2.05, 4.69) is 15.4 Å². The maximum absolute atomic E-state index is 11.7. The van der Waals surface area contributed by atoms with Crippen molar-refractivity contribution in [3.05, 3.63) is 40.8 Å². The molecule has 122 valence electrons. The van der Waals surface area contributed by atoms with Gasteiger partial charge >= 0.3 is 5.97 Å². The molecule has 0 radical (unpaired) electrons. The van der Waals surface area contributed by atoms with Gasteiger partial charge in [0.25, 0.3) is 0 Å². The molecule has 9 heteroatoms. The van der Waals surface area contributed by atoms with Crippen molar-refractivity contribution in [2.45, 2.75) is 13.5 Å². The zero-order valence-corrected chi connectivity index (χ0v) is 13.9. The van der Waals surface area contributed by atoms with Crippen LogP contribution in [0, 0.1) is 6.92 Å². The van der Waals surface area contributed by atoms with Gasteiger partial charge in [-0.2, -0.15) is 5.10 Å². The van der Waals surface area contributed by atoms with E-state index in [1.54, 1.807) is 10.9 Å². The largest absolute Gasteiger partial charge is 0.481 e. The Bertz CT molecular complexity index is 720. The molecule has 0 aromatic carbocycles. The first kappa shape index (κ1) is 17.3. The topological polar surface area (TPSA) is 97.1 Å². The predicted octanol–water partition coefficient (Wildman–Crippen LogP) is 1.66. The molecule has 0 aliphatic heterocycles. The molecule has 0 atom stereocenters. The Morgan fingerprint density at radius 2 is 2.17 bits per heavy atom. The minimum absolute atomic E-state index is 0.0918. The Morgan fingerprint density at radius 3 is 2.83 bits per heavy atom. The first-order chi connectivity index (χ1) is 11.0. The highest BCUT2D eigenvalue weighted by Gasteiger charge is 2.10. The van der Waals surface area contributed by atoms with Crippen LogP contribution in [0.3, 0.4) is 0 Å². The molecular formula is C14H15ClN4O3S. The third-order valence-electron chi connectivity index (χ3n) is 2.80. The molecule has 7 nitrogen and oxygen atoms in total. The average Bonchev–Trinajstić information content (AvgIpc) is 2.92. The highest BCUT2D eigenvalue weighted by atomic mass is 35.5. The summed E-state index contributed by atoms with van der Waals surface area (Å²) in [7, 11) is 0. The summed E-state index contributed by atoms with van der Waals surface area (Å²) in [5.74, 6) is -0.592. The van der Waals surface area contributed by atoms with Crippen LogP contribution in [0.2, 0.25) is 5.02 Å². The summed E-state index contributed by atoms with van der Waals surface area (Å²) in [6.07, 6.45) is 3.15. The monoisotopic (exact) mass is 354 g/mol. The van der Waals surface area contributed by atoms with Crippen molar-refractivity contribution in [2.24, 2.45) is 0 Å². The lowest BCUT2D eigenvalue weighted by atomic mass is 10.2. The van der Waals surface area contributed by atoms with Crippen LogP contribution in [0.5, 0.6) is 0 Å². The first-order valence-electron chi connectivity index (χ1n) is 6.69. The van der Waals surface area contributed by atoms with E-state index in [1.807, 2.05) is 19.1 Å². The van der Waals surface area contributed by atoms with Crippen molar-refractivity contribution in [3.8, 4) is 5.82 Å². The number of nitrogens with zero attached hydrogens (tertiary/aromatic N) is 3. The Balaban J connectivity index is 2.02. The van der Waals surface area contributed by atoms with E-state index in [1.165, 1.54) is 6.20 Å². The van der Waals surface area contributed by atoms with E-state index < -0.39 is 5.97 Å². The van der Waals surface area contributed by atoms with Crippen molar-refractivity contribution < 1.29 is 14.7 Å². The lowest BCUT2D eigenvalue weighted by Gasteiger charge is -2.10. The average molecular weight is 355 g/mol. The molecule has 1 amide bonds. The highest BCUT2D eigenvalue weighted by Crippen LogP contribution is 2.15. The SMILES string of the molecule is Cc1ccc(CNC(=O)CSCC(=O)O)c(-n2cc(Cl)cn2)n1. The van der Waals surface area contributed by atoms with E-state index in [0.717, 1.165) is 23.0 Å². The number of pyridine rings is 1. The molecule has 0 aliphatic carbocycles. The lowest BCUT2D eigenvalue weighted by Crippen LogP contribution is -2.26. The lowest BCUT2D eigenvalue weighted by molar-refractivity contribution is -0.133. The number of aryl methyl sites for hydroxylation is 1. The molecule has 2 heterocycles. The number of carbonyl (C=O) groups excluding carboxylic acids is 1. The molecule has 0 saturated carbocycles. The van der Waals surface area contributed by atoms with Gasteiger partial charge in [-0.05, 0) is 13.0 Å². The van der Waals surface area contributed by atoms with Gasteiger partial charge in [0, 0.05) is 17.8 Å². The number of amides is 1. The van der Waals surface area contributed by atoms with Crippen LogP contribution >= 0.6 is 23.4 Å². The molecule has 0 spiro atoms. The highest BCUT2D eigenvalue weighted by molar-refractivity contribution is 8.00. The molecule has 23 heavy (non-hydrogen) atoms. The van der Waals surface area contributed by atoms with E-state index in [4.69, 9.17) is 16.7 Å². The number of carbonyl (C=O) groups is 2. The second kappa shape index (κ2) is 7.98. The number of carboxylic acids is 1. The Labute approximate surface area is 142 Å². The maximum atomic E-state index is 11.7. The molecule has 0 aliphatic rings. The first-order valence-corrected chi connectivity index (χ1v) is 8.22. The number of nitrogens with one attached hydrogen (secondary N) is 1. The minimum atomic E-state index is -0.941. The van der Waals surface area contributed by atoms with Gasteiger partial charge in [0.05, 0.1) is 28.9 Å². The minimum Gasteiger partial charge on any atom is -0.481 e. The second-order valence-electron chi connectivity index (χ2n) is 4.70. The summed E-state index contributed by atoms with van der Waals surface area (Å²) in [6.45, 7) is 2.13. The summed E-state index contributed by atoms with van der Waals surface area (Å²) in [4.78, 5) is 26.6. The summed E-state index contributed by atoms with van der Waals surface area (Å²) in [5.41, 5.74) is 1.60. The van der Waals surface area contributed by atoms with Gasteiger partial charge in [0.15, 0.2) is 5.82 Å². The molecular weight excluding hydrogens is 340 g/mol. The van der Waals surface area contributed by atoms with Crippen molar-refractivity contribution in [3.63, 3.8) is 0 Å². The standard InChI is InChI=1S/C14H15ClN4O3S/c1-9-2-3-10(4-16-12(20)7-23-8-13(21)22)14(18-9)19-6-11(15)5-17-19/h2-3,5-6H,4,7-8H2,1H3,(H,16,20)(H,21,22). The van der Waals surface area contributed by atoms with Crippen LogP contribution in [0.25, 0.3) is 5.82 Å². The van der Waals surface area contributed by atoms with Crippen molar-refractivity contribution in [2.75, 3.05) is 11.5 Å². The fourth-order valence-electron chi connectivity index (χ4n) is 1.80. The molecule has 0 unspecified atom stereocenters. The molecule has 0 saturated heterocycles. The third kappa shape index (κ3) is 5.26. The number of aromatic nitrogens is 3. The molecule has 0 fully saturated rings. The quantitative estimate of drug-likeness (QED) is 0.785. The van der Waals surface area contributed by atoms with Crippen molar-refractivity contribution >= 4 is 35.2 Å². The predicted molar refractivity (Wildman–Crippen MR) is 87.9 cm³/mol. The fourth-order valence-corrected chi connectivity index (χ4v) is 2.50. The van der Waals surface area contributed by atoms with Crippen molar-refractivity contribution in [1.29, 1.82) is 0 Å². The number of hydrogen-bond acceptors (Lipinski definition) is 5. The number of rotatable bonds is 7. The Morgan fingerprint density at radius 1 is 1.39 bits per heavy atom. The molecule has 2 rings (SSSR count). The van der Waals surface area contributed by atoms with Crippen LogP contribution in [-0.4, -0.2) is 43.3 Å². The molecule has 2 aromatic rings. The van der Waals surface area contributed by atoms with E-state index >= 15 is 0 Å². The molecule has 2 N–H and O–H groups in total. The molecule has 2 aromatic heterocycles. The van der Waals surface area contributed by atoms with Crippen LogP contribution in [-0.2, 0) is 16.1 Å².